The summed E-state index contributed by atoms with van der Waals surface area (Å²) in [6.45, 7) is 15.2. The molecule has 2 aromatic rings. The van der Waals surface area contributed by atoms with Crippen LogP contribution in [-0.4, -0.2) is 71.6 Å². The summed E-state index contributed by atoms with van der Waals surface area (Å²) >= 11 is 0. The second-order valence-corrected chi connectivity index (χ2v) is 12.7. The van der Waals surface area contributed by atoms with Crippen molar-refractivity contribution >= 4 is 34.4 Å². The third-order valence-electron chi connectivity index (χ3n) is 7.88. The predicted molar refractivity (Wildman–Crippen MR) is 163 cm³/mol. The number of rotatable bonds is 11. The minimum absolute atomic E-state index is 0.0302. The maximum Gasteiger partial charge on any atom is 0.331 e. The lowest BCUT2D eigenvalue weighted by molar-refractivity contribution is -0.141. The minimum Gasteiger partial charge on any atom is -0.478 e. The number of likely N-dealkylation sites (N-methyl/N-ethyl adjacent to an activating group) is 2. The van der Waals surface area contributed by atoms with Gasteiger partial charge in [-0.05, 0) is 49.1 Å². The number of anilines is 1. The smallest absolute Gasteiger partial charge is 0.331 e. The fourth-order valence-corrected chi connectivity index (χ4v) is 5.34. The lowest BCUT2D eigenvalue weighted by Gasteiger charge is -2.39. The summed E-state index contributed by atoms with van der Waals surface area (Å²) in [5.41, 5.74) is 1.99. The zero-order valence-corrected chi connectivity index (χ0v) is 26.3. The summed E-state index contributed by atoms with van der Waals surface area (Å²) in [7, 11) is 7.29. The number of nitrogens with one attached hydrogen (secondary N) is 3. The molecule has 0 bridgehead atoms. The maximum absolute atomic E-state index is 14.0. The van der Waals surface area contributed by atoms with Crippen LogP contribution in [-0.2, 0) is 26.8 Å². The van der Waals surface area contributed by atoms with E-state index in [2.05, 4.69) is 38.8 Å². The van der Waals surface area contributed by atoms with Gasteiger partial charge in [-0.3, -0.25) is 9.59 Å². The number of hydrogen-bond acceptors (Lipinski definition) is 5. The van der Waals surface area contributed by atoms with Gasteiger partial charge in [0.15, 0.2) is 0 Å². The van der Waals surface area contributed by atoms with Gasteiger partial charge in [-0.1, -0.05) is 54.5 Å². The topological polar surface area (TPSA) is 116 Å². The highest BCUT2D eigenvalue weighted by atomic mass is 16.4. The molecule has 2 rings (SSSR count). The number of fused-ring (bicyclic) bond motifs is 1. The van der Waals surface area contributed by atoms with E-state index >= 15 is 0 Å². The molecular formula is C31H49N5O4. The van der Waals surface area contributed by atoms with Gasteiger partial charge in [0.2, 0.25) is 11.8 Å². The molecule has 0 aliphatic carbocycles. The second kappa shape index (κ2) is 12.5. The summed E-state index contributed by atoms with van der Waals surface area (Å²) in [5.74, 6) is -1.61. The molecule has 0 fully saturated rings. The Kier molecular flexibility index (Phi) is 10.2. The van der Waals surface area contributed by atoms with Crippen LogP contribution in [0.2, 0.25) is 0 Å². The average molecular weight is 556 g/mol. The van der Waals surface area contributed by atoms with Crippen molar-refractivity contribution in [2.24, 2.45) is 18.4 Å². The Morgan fingerprint density at radius 1 is 1.05 bits per heavy atom. The molecule has 1 heterocycles. The Bertz CT molecular complexity index is 1270. The minimum atomic E-state index is -1.03. The number of hydrogen-bond donors (Lipinski definition) is 4. The van der Waals surface area contributed by atoms with E-state index in [1.807, 2.05) is 68.6 Å². The van der Waals surface area contributed by atoms with E-state index in [0.29, 0.717) is 0 Å². The van der Waals surface area contributed by atoms with Gasteiger partial charge < -0.3 is 30.5 Å². The molecule has 0 aliphatic rings. The fourth-order valence-electron chi connectivity index (χ4n) is 5.34. The van der Waals surface area contributed by atoms with E-state index in [1.54, 1.807) is 25.1 Å². The third kappa shape index (κ3) is 6.86. The maximum atomic E-state index is 14.0. The van der Waals surface area contributed by atoms with Gasteiger partial charge in [0.1, 0.15) is 6.04 Å². The lowest BCUT2D eigenvalue weighted by atomic mass is 9.76. The summed E-state index contributed by atoms with van der Waals surface area (Å²) in [5, 5.41) is 19.9. The van der Waals surface area contributed by atoms with E-state index < -0.39 is 34.9 Å². The first kappa shape index (κ1) is 32.9. The number of nitrogens with zero attached hydrogens (tertiary/aromatic N) is 2. The van der Waals surface area contributed by atoms with Gasteiger partial charge >= 0.3 is 5.97 Å². The van der Waals surface area contributed by atoms with Gasteiger partial charge in [0.25, 0.3) is 0 Å². The van der Waals surface area contributed by atoms with Crippen molar-refractivity contribution in [3.63, 3.8) is 0 Å². The van der Waals surface area contributed by atoms with E-state index in [9.17, 15) is 19.5 Å². The van der Waals surface area contributed by atoms with Gasteiger partial charge in [0, 0.05) is 54.9 Å². The molecule has 0 saturated carbocycles. The zero-order valence-electron chi connectivity index (χ0n) is 26.3. The SMILES string of the molecule is CNc1ccc2c(c1)c(C(C)(C)C(NC)C(=O)N[C@H](C(=O)N(C)[C@H](/C=C(\C)C(=O)O)C(C)C)C(C)(C)C)cn2C. The number of amides is 2. The summed E-state index contributed by atoms with van der Waals surface area (Å²) in [4.78, 5) is 40.9. The number of carbonyl (C=O) groups is 3. The van der Waals surface area contributed by atoms with Crippen LogP contribution in [0.5, 0.6) is 0 Å². The predicted octanol–water partition coefficient (Wildman–Crippen LogP) is 4.13. The van der Waals surface area contributed by atoms with Gasteiger partial charge in [0.05, 0.1) is 12.1 Å². The highest BCUT2D eigenvalue weighted by molar-refractivity contribution is 5.93. The number of carboxylic acids is 1. The lowest BCUT2D eigenvalue weighted by Crippen LogP contribution is -2.61. The van der Waals surface area contributed by atoms with Crippen LogP contribution in [0.25, 0.3) is 10.9 Å². The van der Waals surface area contributed by atoms with E-state index in [4.69, 9.17) is 0 Å². The van der Waals surface area contributed by atoms with Crippen LogP contribution in [0.4, 0.5) is 5.69 Å². The van der Waals surface area contributed by atoms with E-state index in [-0.39, 0.29) is 23.3 Å². The Hall–Kier alpha value is -3.33. The largest absolute Gasteiger partial charge is 0.478 e. The Labute approximate surface area is 239 Å². The molecule has 0 spiro atoms. The van der Waals surface area contributed by atoms with Gasteiger partial charge in [-0.25, -0.2) is 4.79 Å². The number of aliphatic carboxylic acids is 1. The highest BCUT2D eigenvalue weighted by Crippen LogP contribution is 2.36. The molecule has 3 atom stereocenters. The van der Waals surface area contributed by atoms with Crippen LogP contribution in [0.1, 0.15) is 61.0 Å². The number of aryl methyl sites for hydroxylation is 1. The molecule has 2 amide bonds. The first-order valence-corrected chi connectivity index (χ1v) is 13.8. The molecule has 1 unspecified atom stereocenters. The summed E-state index contributed by atoms with van der Waals surface area (Å²) < 4.78 is 2.06. The quantitative estimate of drug-likeness (QED) is 0.310. The number of aromatic nitrogens is 1. The van der Waals surface area contributed by atoms with Crippen molar-refractivity contribution in [3.05, 3.63) is 41.6 Å². The van der Waals surface area contributed by atoms with Gasteiger partial charge in [-0.15, -0.1) is 0 Å². The van der Waals surface area contributed by atoms with Crippen molar-refractivity contribution < 1.29 is 19.5 Å². The summed E-state index contributed by atoms with van der Waals surface area (Å²) in [6, 6.07) is 4.25. The second-order valence-electron chi connectivity index (χ2n) is 12.7. The molecule has 4 N–H and O–H groups in total. The first-order chi connectivity index (χ1) is 18.4. The standard InChI is InChI=1S/C31H49N5O4/c1-18(2)24(15-19(3)29(39)40)36(12)28(38)26(30(4,5)6)34-27(37)25(33-10)31(7,8)22-17-35(11)23-14-13-20(32-9)16-21(22)23/h13-18,24-26,32-33H,1-12H3,(H,34,37)(H,39,40)/b19-15+/t24-,25?,26-/m1/s1. The summed E-state index contributed by atoms with van der Waals surface area (Å²) in [6.07, 6.45) is 3.66. The number of benzene rings is 1. The molecule has 40 heavy (non-hydrogen) atoms. The van der Waals surface area contributed by atoms with Crippen LogP contribution >= 0.6 is 0 Å². The Balaban J connectivity index is 2.47. The fraction of sp³-hybridized carbons (Fsp3) is 0.581. The highest BCUT2D eigenvalue weighted by Gasteiger charge is 2.42. The molecular weight excluding hydrogens is 506 g/mol. The van der Waals surface area contributed by atoms with E-state index in [0.717, 1.165) is 22.2 Å². The Morgan fingerprint density at radius 2 is 1.65 bits per heavy atom. The van der Waals surface area contributed by atoms with E-state index in [1.165, 1.54) is 6.92 Å². The molecule has 9 nitrogen and oxygen atoms in total. The first-order valence-electron chi connectivity index (χ1n) is 13.8. The van der Waals surface area contributed by atoms with Crippen LogP contribution in [0.15, 0.2) is 36.0 Å². The van der Waals surface area contributed by atoms with Crippen molar-refractivity contribution in [1.29, 1.82) is 0 Å². The number of carboxylic acid groups (broad SMARTS) is 1. The van der Waals surface area contributed by atoms with Crippen molar-refractivity contribution in [2.75, 3.05) is 26.5 Å². The molecule has 0 radical (unpaired) electrons. The van der Waals surface area contributed by atoms with Gasteiger partial charge in [-0.2, -0.15) is 0 Å². The molecule has 0 aliphatic heterocycles. The Morgan fingerprint density at radius 3 is 2.12 bits per heavy atom. The molecule has 0 saturated heterocycles. The zero-order chi connectivity index (χ0) is 30.7. The molecule has 9 heteroatoms. The molecule has 222 valence electrons. The van der Waals surface area contributed by atoms with Crippen LogP contribution in [0.3, 0.4) is 0 Å². The van der Waals surface area contributed by atoms with Crippen molar-refractivity contribution in [1.82, 2.24) is 20.1 Å². The molecule has 1 aromatic heterocycles. The van der Waals surface area contributed by atoms with Crippen LogP contribution < -0.4 is 16.0 Å². The normalized spacial score (nSPS) is 15.1. The number of carbonyl (C=O) groups excluding carboxylic acids is 2. The van der Waals surface area contributed by atoms with Crippen LogP contribution in [0, 0.1) is 11.3 Å². The van der Waals surface area contributed by atoms with Crippen molar-refractivity contribution in [3.8, 4) is 0 Å². The van der Waals surface area contributed by atoms with Crippen molar-refractivity contribution in [2.45, 2.75) is 78.9 Å². The monoisotopic (exact) mass is 555 g/mol. The average Bonchev–Trinajstić information content (AvgIpc) is 3.20. The third-order valence-corrected chi connectivity index (χ3v) is 7.88. The molecule has 1 aromatic carbocycles.